The monoisotopic (exact) mass is 296 g/mol. The number of rotatable bonds is 8. The van der Waals surface area contributed by atoms with Crippen molar-refractivity contribution >= 4 is 10.0 Å². The average molecular weight is 296 g/mol. The summed E-state index contributed by atoms with van der Waals surface area (Å²) < 4.78 is 31.5. The van der Waals surface area contributed by atoms with Crippen molar-refractivity contribution < 1.29 is 13.2 Å². The first-order valence-corrected chi connectivity index (χ1v) is 8.04. The first-order chi connectivity index (χ1) is 9.56. The van der Waals surface area contributed by atoms with Crippen LogP contribution in [0.5, 0.6) is 0 Å². The molecule has 0 fully saturated rings. The smallest absolute Gasteiger partial charge is 0.243 e. The van der Waals surface area contributed by atoms with Gasteiger partial charge in [-0.2, -0.15) is 9.57 Å². The van der Waals surface area contributed by atoms with Crippen molar-refractivity contribution in [2.24, 2.45) is 0 Å². The van der Waals surface area contributed by atoms with Crippen LogP contribution in [0, 0.1) is 11.3 Å². The molecule has 0 saturated carbocycles. The molecule has 0 heterocycles. The maximum absolute atomic E-state index is 12.4. The van der Waals surface area contributed by atoms with Crippen molar-refractivity contribution in [2.75, 3.05) is 26.3 Å². The SMILES string of the molecule is CCOCCN(CC)S(=O)(=O)c1ccc(CC#N)cc1. The zero-order valence-electron chi connectivity index (χ0n) is 11.9. The van der Waals surface area contributed by atoms with E-state index in [1.807, 2.05) is 13.0 Å². The van der Waals surface area contributed by atoms with Gasteiger partial charge in [-0.05, 0) is 24.6 Å². The van der Waals surface area contributed by atoms with E-state index in [9.17, 15) is 8.42 Å². The summed E-state index contributed by atoms with van der Waals surface area (Å²) in [5.41, 5.74) is 0.809. The van der Waals surface area contributed by atoms with E-state index in [0.29, 0.717) is 26.3 Å². The summed E-state index contributed by atoms with van der Waals surface area (Å²) in [6.45, 7) is 5.37. The Hall–Kier alpha value is -1.42. The van der Waals surface area contributed by atoms with Crippen LogP contribution in [0.3, 0.4) is 0 Å². The average Bonchev–Trinajstić information content (AvgIpc) is 2.44. The van der Waals surface area contributed by atoms with E-state index in [-0.39, 0.29) is 11.3 Å². The molecule has 0 N–H and O–H groups in total. The molecule has 6 heteroatoms. The van der Waals surface area contributed by atoms with Crippen LogP contribution in [0.1, 0.15) is 19.4 Å². The number of sulfonamides is 1. The van der Waals surface area contributed by atoms with Gasteiger partial charge in [0.1, 0.15) is 0 Å². The number of benzene rings is 1. The van der Waals surface area contributed by atoms with E-state index in [0.717, 1.165) is 5.56 Å². The number of ether oxygens (including phenoxy) is 1. The van der Waals surface area contributed by atoms with Crippen LogP contribution < -0.4 is 0 Å². The lowest BCUT2D eigenvalue weighted by Gasteiger charge is -2.20. The molecule has 0 spiro atoms. The summed E-state index contributed by atoms with van der Waals surface area (Å²) in [4.78, 5) is 0.248. The standard InChI is InChI=1S/C14H20N2O3S/c1-3-16(11-12-19-4-2)20(17,18)14-7-5-13(6-8-14)9-10-15/h5-8H,3-4,9,11-12H2,1-2H3. The van der Waals surface area contributed by atoms with Crippen molar-refractivity contribution in [1.82, 2.24) is 4.31 Å². The molecule has 0 atom stereocenters. The number of likely N-dealkylation sites (N-methyl/N-ethyl adjacent to an activating group) is 1. The summed E-state index contributed by atoms with van der Waals surface area (Å²) in [6, 6.07) is 8.47. The molecule has 0 aliphatic heterocycles. The molecule has 0 aliphatic carbocycles. The van der Waals surface area contributed by atoms with Crippen molar-refractivity contribution in [3.8, 4) is 6.07 Å². The van der Waals surface area contributed by atoms with Crippen molar-refractivity contribution in [3.63, 3.8) is 0 Å². The van der Waals surface area contributed by atoms with Gasteiger partial charge < -0.3 is 4.74 Å². The minimum atomic E-state index is -3.49. The fraction of sp³-hybridized carbons (Fsp3) is 0.500. The Morgan fingerprint density at radius 2 is 1.90 bits per heavy atom. The molecule has 0 aliphatic rings. The molecule has 0 unspecified atom stereocenters. The zero-order valence-corrected chi connectivity index (χ0v) is 12.7. The Kier molecular flexibility index (Phi) is 6.65. The molecular formula is C14H20N2O3S. The van der Waals surface area contributed by atoms with E-state index in [4.69, 9.17) is 10.00 Å². The van der Waals surface area contributed by atoms with Gasteiger partial charge in [-0.3, -0.25) is 0 Å². The van der Waals surface area contributed by atoms with Crippen LogP contribution in [-0.2, 0) is 21.2 Å². The van der Waals surface area contributed by atoms with Crippen LogP contribution in [0.15, 0.2) is 29.2 Å². The van der Waals surface area contributed by atoms with Crippen LogP contribution in [0.2, 0.25) is 0 Å². The number of hydrogen-bond acceptors (Lipinski definition) is 4. The molecule has 1 rings (SSSR count). The lowest BCUT2D eigenvalue weighted by molar-refractivity contribution is 0.135. The van der Waals surface area contributed by atoms with Gasteiger partial charge in [-0.1, -0.05) is 19.1 Å². The van der Waals surface area contributed by atoms with E-state index >= 15 is 0 Å². The van der Waals surface area contributed by atoms with Crippen LogP contribution in [0.4, 0.5) is 0 Å². The minimum absolute atomic E-state index is 0.248. The largest absolute Gasteiger partial charge is 0.380 e. The highest BCUT2D eigenvalue weighted by atomic mass is 32.2. The van der Waals surface area contributed by atoms with Gasteiger partial charge >= 0.3 is 0 Å². The first kappa shape index (κ1) is 16.6. The Bertz CT molecular complexity index is 547. The highest BCUT2D eigenvalue weighted by Gasteiger charge is 2.22. The van der Waals surface area contributed by atoms with Gasteiger partial charge in [0, 0.05) is 19.7 Å². The van der Waals surface area contributed by atoms with Gasteiger partial charge in [-0.25, -0.2) is 8.42 Å². The van der Waals surface area contributed by atoms with Crippen molar-refractivity contribution in [2.45, 2.75) is 25.2 Å². The molecule has 0 aromatic heterocycles. The second-order valence-electron chi connectivity index (χ2n) is 4.17. The second kappa shape index (κ2) is 8.00. The first-order valence-electron chi connectivity index (χ1n) is 6.60. The van der Waals surface area contributed by atoms with Crippen molar-refractivity contribution in [1.29, 1.82) is 5.26 Å². The molecule has 1 aromatic carbocycles. The molecule has 20 heavy (non-hydrogen) atoms. The Morgan fingerprint density at radius 3 is 2.40 bits per heavy atom. The van der Waals surface area contributed by atoms with E-state index in [1.54, 1.807) is 31.2 Å². The molecule has 1 aromatic rings. The molecular weight excluding hydrogens is 276 g/mol. The topological polar surface area (TPSA) is 70.4 Å². The van der Waals surface area contributed by atoms with Crippen LogP contribution >= 0.6 is 0 Å². The molecule has 5 nitrogen and oxygen atoms in total. The minimum Gasteiger partial charge on any atom is -0.380 e. The van der Waals surface area contributed by atoms with Gasteiger partial charge in [0.2, 0.25) is 10.0 Å². The fourth-order valence-corrected chi connectivity index (χ4v) is 3.21. The normalized spacial score (nSPS) is 11.5. The summed E-state index contributed by atoms with van der Waals surface area (Å²) in [5, 5.41) is 8.61. The summed E-state index contributed by atoms with van der Waals surface area (Å²) in [5.74, 6) is 0. The van der Waals surface area contributed by atoms with Gasteiger partial charge in [0.05, 0.1) is 24.0 Å². The number of nitriles is 1. The molecule has 0 radical (unpaired) electrons. The Morgan fingerprint density at radius 1 is 1.25 bits per heavy atom. The van der Waals surface area contributed by atoms with Gasteiger partial charge in [-0.15, -0.1) is 0 Å². The van der Waals surface area contributed by atoms with Gasteiger partial charge in [0.15, 0.2) is 0 Å². The quantitative estimate of drug-likeness (QED) is 0.686. The molecule has 0 amide bonds. The van der Waals surface area contributed by atoms with E-state index < -0.39 is 10.0 Å². The molecule has 110 valence electrons. The summed E-state index contributed by atoms with van der Waals surface area (Å²) in [6.07, 6.45) is 0.280. The van der Waals surface area contributed by atoms with Crippen molar-refractivity contribution in [3.05, 3.63) is 29.8 Å². The Balaban J connectivity index is 2.87. The highest BCUT2D eigenvalue weighted by molar-refractivity contribution is 7.89. The lowest BCUT2D eigenvalue weighted by Crippen LogP contribution is -2.33. The summed E-state index contributed by atoms with van der Waals surface area (Å²) in [7, 11) is -3.49. The van der Waals surface area contributed by atoms with Gasteiger partial charge in [0.25, 0.3) is 0 Å². The van der Waals surface area contributed by atoms with E-state index in [1.165, 1.54) is 4.31 Å². The maximum Gasteiger partial charge on any atom is 0.243 e. The maximum atomic E-state index is 12.4. The van der Waals surface area contributed by atoms with Crippen LogP contribution in [-0.4, -0.2) is 39.0 Å². The third-order valence-electron chi connectivity index (χ3n) is 2.89. The second-order valence-corrected chi connectivity index (χ2v) is 6.11. The van der Waals surface area contributed by atoms with E-state index in [2.05, 4.69) is 0 Å². The predicted octanol–water partition coefficient (Wildman–Crippen LogP) is 1.80. The third-order valence-corrected chi connectivity index (χ3v) is 4.87. The third kappa shape index (κ3) is 4.30. The number of hydrogen-bond donors (Lipinski definition) is 0. The number of nitrogens with zero attached hydrogens (tertiary/aromatic N) is 2. The molecule has 0 saturated heterocycles. The lowest BCUT2D eigenvalue weighted by atomic mass is 10.2. The highest BCUT2D eigenvalue weighted by Crippen LogP contribution is 2.16. The fourth-order valence-electron chi connectivity index (χ4n) is 1.78. The van der Waals surface area contributed by atoms with Crippen LogP contribution in [0.25, 0.3) is 0 Å². The predicted molar refractivity (Wildman–Crippen MR) is 76.7 cm³/mol. The Labute approximate surface area is 120 Å². The summed E-state index contributed by atoms with van der Waals surface area (Å²) >= 11 is 0. The zero-order chi connectivity index (χ0) is 15.0. The molecule has 0 bridgehead atoms.